The molecule has 20 heavy (non-hydrogen) atoms. The molecule has 0 saturated heterocycles. The summed E-state index contributed by atoms with van der Waals surface area (Å²) in [7, 11) is 3.55. The number of esters is 3. The van der Waals surface area contributed by atoms with Crippen LogP contribution in [0, 0.1) is 17.8 Å². The Kier molecular flexibility index (Phi) is 7.75. The zero-order valence-corrected chi connectivity index (χ0v) is 11.8. The van der Waals surface area contributed by atoms with Crippen LogP contribution in [-0.2, 0) is 28.6 Å². The van der Waals surface area contributed by atoms with Crippen LogP contribution in [-0.4, -0.2) is 39.2 Å². The molecule has 0 amide bonds. The van der Waals surface area contributed by atoms with Gasteiger partial charge in [0.2, 0.25) is 0 Å². The molecule has 0 saturated carbocycles. The van der Waals surface area contributed by atoms with E-state index in [1.54, 1.807) is 0 Å². The number of allylic oxidation sites excluding steroid dienone is 1. The number of hydrogen-bond acceptors (Lipinski definition) is 6. The third-order valence-corrected chi connectivity index (χ3v) is 2.77. The van der Waals surface area contributed by atoms with Gasteiger partial charge in [-0.3, -0.25) is 9.59 Å². The van der Waals surface area contributed by atoms with Gasteiger partial charge in [-0.25, -0.2) is 4.79 Å². The highest BCUT2D eigenvalue weighted by molar-refractivity contribution is 6.00. The third-order valence-electron chi connectivity index (χ3n) is 2.77. The van der Waals surface area contributed by atoms with Crippen LogP contribution in [0.2, 0.25) is 0 Å². The maximum absolute atomic E-state index is 11.9. The van der Waals surface area contributed by atoms with Gasteiger partial charge in [0.05, 0.1) is 21.3 Å². The van der Waals surface area contributed by atoms with Crippen molar-refractivity contribution in [2.75, 3.05) is 21.3 Å². The highest BCUT2D eigenvalue weighted by atomic mass is 16.5. The van der Waals surface area contributed by atoms with E-state index in [2.05, 4.69) is 20.1 Å². The zero-order valence-electron chi connectivity index (χ0n) is 11.8. The second-order valence-corrected chi connectivity index (χ2v) is 3.90. The fourth-order valence-electron chi connectivity index (χ4n) is 1.66. The fourth-order valence-corrected chi connectivity index (χ4v) is 1.66. The monoisotopic (exact) mass is 282 g/mol. The first kappa shape index (κ1) is 17.7. The summed E-state index contributed by atoms with van der Waals surface area (Å²) >= 11 is 0. The molecule has 6 heteroatoms. The normalized spacial score (nSPS) is 10.7. The van der Waals surface area contributed by atoms with Gasteiger partial charge in [-0.2, -0.15) is 0 Å². The quantitative estimate of drug-likeness (QED) is 0.226. The van der Waals surface area contributed by atoms with Crippen LogP contribution in [0.3, 0.4) is 0 Å². The molecule has 0 aliphatic carbocycles. The number of ether oxygens (including phenoxy) is 3. The standard InChI is InChI=1S/C14H18O6/c1-5-6-9-14(12(16)19-3,13(17)20-4)10-7-8-11(15)18-2/h1,7-8H,6,9-10H2,2-4H3/b8-7+. The van der Waals surface area contributed by atoms with Crippen molar-refractivity contribution in [1.82, 2.24) is 0 Å². The van der Waals surface area contributed by atoms with Gasteiger partial charge in [0.15, 0.2) is 5.41 Å². The Bertz CT molecular complexity index is 413. The van der Waals surface area contributed by atoms with Gasteiger partial charge in [0.25, 0.3) is 0 Å². The SMILES string of the molecule is C#CCCC(C/C=C/C(=O)OC)(C(=O)OC)C(=O)OC. The number of terminal acetylenes is 1. The maximum atomic E-state index is 11.9. The van der Waals surface area contributed by atoms with E-state index < -0.39 is 23.3 Å². The molecule has 0 atom stereocenters. The number of methoxy groups -OCH3 is 3. The van der Waals surface area contributed by atoms with Crippen LogP contribution in [0.15, 0.2) is 12.2 Å². The molecule has 0 N–H and O–H groups in total. The Hall–Kier alpha value is -2.29. The molecule has 0 aromatic carbocycles. The van der Waals surface area contributed by atoms with E-state index in [9.17, 15) is 14.4 Å². The summed E-state index contributed by atoms with van der Waals surface area (Å²) < 4.78 is 13.8. The average molecular weight is 282 g/mol. The molecular formula is C14H18O6. The van der Waals surface area contributed by atoms with Gasteiger partial charge >= 0.3 is 17.9 Å². The van der Waals surface area contributed by atoms with Crippen LogP contribution in [0.1, 0.15) is 19.3 Å². The predicted octanol–water partition coefficient (Wildman–Crippen LogP) is 0.851. The van der Waals surface area contributed by atoms with E-state index in [0.717, 1.165) is 6.08 Å². The number of carbonyl (C=O) groups excluding carboxylic acids is 3. The lowest BCUT2D eigenvalue weighted by molar-refractivity contribution is -0.169. The van der Waals surface area contributed by atoms with Crippen LogP contribution in [0.5, 0.6) is 0 Å². The Balaban J connectivity index is 5.33. The van der Waals surface area contributed by atoms with Gasteiger partial charge in [-0.1, -0.05) is 6.08 Å². The first-order valence-corrected chi connectivity index (χ1v) is 5.83. The van der Waals surface area contributed by atoms with Crippen molar-refractivity contribution in [3.63, 3.8) is 0 Å². The second kappa shape index (κ2) is 8.75. The van der Waals surface area contributed by atoms with Gasteiger partial charge in [-0.15, -0.1) is 12.3 Å². The average Bonchev–Trinajstić information content (AvgIpc) is 2.48. The van der Waals surface area contributed by atoms with Crippen LogP contribution < -0.4 is 0 Å². The Morgan fingerprint density at radius 3 is 2.05 bits per heavy atom. The highest BCUT2D eigenvalue weighted by Gasteiger charge is 2.46. The molecule has 0 spiro atoms. The number of hydrogen-bond donors (Lipinski definition) is 0. The molecule has 0 bridgehead atoms. The van der Waals surface area contributed by atoms with E-state index in [-0.39, 0.29) is 19.3 Å². The Morgan fingerprint density at radius 1 is 1.10 bits per heavy atom. The maximum Gasteiger partial charge on any atom is 0.330 e. The summed E-state index contributed by atoms with van der Waals surface area (Å²) in [5.41, 5.74) is -1.56. The molecular weight excluding hydrogens is 264 g/mol. The van der Waals surface area contributed by atoms with Crippen molar-refractivity contribution in [3.05, 3.63) is 12.2 Å². The summed E-state index contributed by atoms with van der Waals surface area (Å²) in [4.78, 5) is 34.9. The Morgan fingerprint density at radius 2 is 1.65 bits per heavy atom. The van der Waals surface area contributed by atoms with E-state index in [4.69, 9.17) is 6.42 Å². The van der Waals surface area contributed by atoms with Crippen LogP contribution in [0.4, 0.5) is 0 Å². The minimum absolute atomic E-state index is 0.0638. The van der Waals surface area contributed by atoms with Crippen molar-refractivity contribution in [2.45, 2.75) is 19.3 Å². The summed E-state index contributed by atoms with van der Waals surface area (Å²) in [6.45, 7) is 0. The first-order valence-electron chi connectivity index (χ1n) is 5.83. The summed E-state index contributed by atoms with van der Waals surface area (Å²) in [6, 6.07) is 0. The summed E-state index contributed by atoms with van der Waals surface area (Å²) in [5.74, 6) is 0.257. The van der Waals surface area contributed by atoms with Crippen molar-refractivity contribution in [1.29, 1.82) is 0 Å². The molecule has 6 nitrogen and oxygen atoms in total. The molecule has 0 unspecified atom stereocenters. The minimum atomic E-state index is -1.56. The predicted molar refractivity (Wildman–Crippen MR) is 70.3 cm³/mol. The van der Waals surface area contributed by atoms with Crippen molar-refractivity contribution in [3.8, 4) is 12.3 Å². The molecule has 0 aromatic heterocycles. The topological polar surface area (TPSA) is 78.9 Å². The molecule has 0 aliphatic heterocycles. The van der Waals surface area contributed by atoms with Crippen molar-refractivity contribution in [2.24, 2.45) is 5.41 Å². The Labute approximate surface area is 118 Å². The van der Waals surface area contributed by atoms with Gasteiger partial charge in [0.1, 0.15) is 0 Å². The lowest BCUT2D eigenvalue weighted by Crippen LogP contribution is -2.41. The molecule has 0 heterocycles. The van der Waals surface area contributed by atoms with E-state index in [0.29, 0.717) is 0 Å². The summed E-state index contributed by atoms with van der Waals surface area (Å²) in [5, 5.41) is 0. The molecule has 0 radical (unpaired) electrons. The largest absolute Gasteiger partial charge is 0.468 e. The lowest BCUT2D eigenvalue weighted by atomic mass is 9.80. The van der Waals surface area contributed by atoms with Crippen molar-refractivity contribution < 1.29 is 28.6 Å². The van der Waals surface area contributed by atoms with Gasteiger partial charge in [-0.05, 0) is 12.8 Å². The molecule has 0 fully saturated rings. The van der Waals surface area contributed by atoms with E-state index in [1.165, 1.54) is 27.4 Å². The van der Waals surface area contributed by atoms with Crippen LogP contribution in [0.25, 0.3) is 0 Å². The number of carbonyl (C=O) groups is 3. The van der Waals surface area contributed by atoms with E-state index in [1.807, 2.05) is 0 Å². The smallest absolute Gasteiger partial charge is 0.330 e. The molecule has 0 aliphatic rings. The highest BCUT2D eigenvalue weighted by Crippen LogP contribution is 2.32. The first-order chi connectivity index (χ1) is 9.48. The number of rotatable bonds is 7. The van der Waals surface area contributed by atoms with Gasteiger partial charge in [0, 0.05) is 12.5 Å². The van der Waals surface area contributed by atoms with Gasteiger partial charge < -0.3 is 14.2 Å². The minimum Gasteiger partial charge on any atom is -0.468 e. The molecule has 0 rings (SSSR count). The molecule has 0 aromatic rings. The van der Waals surface area contributed by atoms with E-state index >= 15 is 0 Å². The van der Waals surface area contributed by atoms with Crippen molar-refractivity contribution >= 4 is 17.9 Å². The summed E-state index contributed by atoms with van der Waals surface area (Å²) in [6.07, 6.45) is 7.84. The lowest BCUT2D eigenvalue weighted by Gasteiger charge is -2.26. The third kappa shape index (κ3) is 4.43. The molecule has 110 valence electrons. The second-order valence-electron chi connectivity index (χ2n) is 3.90. The van der Waals surface area contributed by atoms with Crippen LogP contribution >= 0.6 is 0 Å². The fraction of sp³-hybridized carbons (Fsp3) is 0.500. The zero-order chi connectivity index (χ0) is 15.6.